The van der Waals surface area contributed by atoms with E-state index in [0.717, 1.165) is 29.5 Å². The minimum absolute atomic E-state index is 0. The minimum Gasteiger partial charge on any atom is -0.464 e. The summed E-state index contributed by atoms with van der Waals surface area (Å²) in [5.41, 5.74) is 10.3. The monoisotopic (exact) mass is 336 g/mol. The number of furan rings is 1. The second-order valence-electron chi connectivity index (χ2n) is 6.69. The van der Waals surface area contributed by atoms with Gasteiger partial charge in [0, 0.05) is 30.1 Å². The maximum Gasteiger partial charge on any atom is 0.227 e. The summed E-state index contributed by atoms with van der Waals surface area (Å²) in [6.07, 6.45) is 3.01. The first-order valence-electron chi connectivity index (χ1n) is 7.99. The van der Waals surface area contributed by atoms with Crippen LogP contribution in [0.2, 0.25) is 0 Å². The van der Waals surface area contributed by atoms with E-state index in [1.165, 1.54) is 11.1 Å². The molecule has 3 rings (SSSR count). The quantitative estimate of drug-likeness (QED) is 0.934. The summed E-state index contributed by atoms with van der Waals surface area (Å²) < 4.78 is 5.65. The maximum atomic E-state index is 12.4. The zero-order valence-corrected chi connectivity index (χ0v) is 14.8. The molecule has 1 atom stereocenters. The summed E-state index contributed by atoms with van der Waals surface area (Å²) in [7, 11) is 0. The first kappa shape index (κ1) is 17.8. The van der Waals surface area contributed by atoms with E-state index in [4.69, 9.17) is 10.2 Å². The molecule has 0 saturated carbocycles. The number of carbonyl (C=O) groups is 1. The van der Waals surface area contributed by atoms with Crippen molar-refractivity contribution in [3.05, 3.63) is 35.1 Å². The van der Waals surface area contributed by atoms with Crippen molar-refractivity contribution < 1.29 is 9.21 Å². The second kappa shape index (κ2) is 6.93. The molecule has 2 aromatic rings. The molecule has 0 aliphatic carbocycles. The first-order valence-corrected chi connectivity index (χ1v) is 7.99. The fourth-order valence-corrected chi connectivity index (χ4v) is 3.29. The molecule has 126 valence electrons. The molecule has 2 N–H and O–H groups in total. The van der Waals surface area contributed by atoms with Crippen molar-refractivity contribution in [2.24, 2.45) is 5.73 Å². The van der Waals surface area contributed by atoms with Crippen LogP contribution in [0.1, 0.15) is 42.9 Å². The topological polar surface area (TPSA) is 59.5 Å². The van der Waals surface area contributed by atoms with Gasteiger partial charge >= 0.3 is 0 Å². The fraction of sp³-hybridized carbons (Fsp3) is 0.500. The van der Waals surface area contributed by atoms with Crippen LogP contribution in [0, 0.1) is 6.92 Å². The Morgan fingerprint density at radius 3 is 2.78 bits per heavy atom. The number of nitrogens with two attached hydrogens (primary N) is 1. The molecule has 0 bridgehead atoms. The van der Waals surface area contributed by atoms with Gasteiger partial charge in [0.15, 0.2) is 0 Å². The van der Waals surface area contributed by atoms with Crippen molar-refractivity contribution in [1.82, 2.24) is 4.90 Å². The Bertz CT molecular complexity index is 708. The normalized spacial score (nSPS) is 17.8. The Balaban J connectivity index is 0.00000192. The molecule has 23 heavy (non-hydrogen) atoms. The Kier molecular flexibility index (Phi) is 5.37. The molecule has 1 fully saturated rings. The van der Waals surface area contributed by atoms with Gasteiger partial charge in [0.1, 0.15) is 5.58 Å². The van der Waals surface area contributed by atoms with Crippen LogP contribution >= 0.6 is 12.4 Å². The highest BCUT2D eigenvalue weighted by Crippen LogP contribution is 2.29. The minimum atomic E-state index is 0. The number of nitrogens with zero attached hydrogens (tertiary/aromatic N) is 1. The number of benzene rings is 1. The number of rotatable bonds is 3. The predicted molar refractivity (Wildman–Crippen MR) is 95.2 cm³/mol. The van der Waals surface area contributed by atoms with E-state index in [1.807, 2.05) is 4.90 Å². The van der Waals surface area contributed by atoms with Gasteiger partial charge in [-0.2, -0.15) is 0 Å². The number of aryl methyl sites for hydroxylation is 1. The van der Waals surface area contributed by atoms with Crippen LogP contribution in [0.3, 0.4) is 0 Å². The van der Waals surface area contributed by atoms with Crippen LogP contribution < -0.4 is 5.73 Å². The maximum absolute atomic E-state index is 12.4. The molecule has 1 saturated heterocycles. The van der Waals surface area contributed by atoms with E-state index < -0.39 is 0 Å². The zero-order valence-electron chi connectivity index (χ0n) is 14.0. The summed E-state index contributed by atoms with van der Waals surface area (Å²) in [6.45, 7) is 7.92. The number of likely N-dealkylation sites (tertiary alicyclic amines) is 1. The number of amides is 1. The van der Waals surface area contributed by atoms with Crippen LogP contribution in [0.4, 0.5) is 0 Å². The zero-order chi connectivity index (χ0) is 15.9. The lowest BCUT2D eigenvalue weighted by Crippen LogP contribution is -2.32. The van der Waals surface area contributed by atoms with Crippen molar-refractivity contribution in [1.29, 1.82) is 0 Å². The van der Waals surface area contributed by atoms with Gasteiger partial charge in [0.05, 0.1) is 12.7 Å². The standard InChI is InChI=1S/C18H24N2O2.ClH/c1-11(2)15-8-16-13(10-22-17(16)6-12(15)3)7-18(21)20-5-4-14(19)9-20;/h6,8,10-11,14H,4-5,7,9,19H2,1-3H3;1H/t14-;/m1./s1. The first-order chi connectivity index (χ1) is 10.5. The third kappa shape index (κ3) is 3.54. The molecule has 1 aliphatic heterocycles. The van der Waals surface area contributed by atoms with E-state index in [-0.39, 0.29) is 24.4 Å². The molecule has 1 aromatic heterocycles. The van der Waals surface area contributed by atoms with Crippen molar-refractivity contribution in [2.75, 3.05) is 13.1 Å². The lowest BCUT2D eigenvalue weighted by atomic mass is 9.95. The van der Waals surface area contributed by atoms with Crippen molar-refractivity contribution >= 4 is 29.3 Å². The summed E-state index contributed by atoms with van der Waals surface area (Å²) in [6, 6.07) is 4.38. The Hall–Kier alpha value is -1.52. The van der Waals surface area contributed by atoms with Crippen LogP contribution in [-0.4, -0.2) is 29.9 Å². The largest absolute Gasteiger partial charge is 0.464 e. The van der Waals surface area contributed by atoms with E-state index >= 15 is 0 Å². The van der Waals surface area contributed by atoms with Crippen LogP contribution in [0.5, 0.6) is 0 Å². The fourth-order valence-electron chi connectivity index (χ4n) is 3.29. The van der Waals surface area contributed by atoms with Gasteiger partial charge in [-0.25, -0.2) is 0 Å². The molecule has 1 aliphatic rings. The molecule has 1 aromatic carbocycles. The molecular weight excluding hydrogens is 312 g/mol. The molecule has 0 radical (unpaired) electrons. The molecule has 2 heterocycles. The summed E-state index contributed by atoms with van der Waals surface area (Å²) in [5.74, 6) is 0.599. The summed E-state index contributed by atoms with van der Waals surface area (Å²) in [5, 5.41) is 1.06. The molecule has 4 nitrogen and oxygen atoms in total. The Labute approximate surface area is 143 Å². The molecule has 5 heteroatoms. The summed E-state index contributed by atoms with van der Waals surface area (Å²) in [4.78, 5) is 14.3. The van der Waals surface area contributed by atoms with E-state index in [2.05, 4.69) is 32.9 Å². The van der Waals surface area contributed by atoms with E-state index in [9.17, 15) is 4.79 Å². The van der Waals surface area contributed by atoms with E-state index in [0.29, 0.717) is 18.9 Å². The molecule has 0 unspecified atom stereocenters. The van der Waals surface area contributed by atoms with Gasteiger partial charge in [0.25, 0.3) is 0 Å². The number of carbonyl (C=O) groups excluding carboxylic acids is 1. The number of halogens is 1. The lowest BCUT2D eigenvalue weighted by Gasteiger charge is -2.15. The van der Waals surface area contributed by atoms with Gasteiger partial charge in [-0.1, -0.05) is 13.8 Å². The van der Waals surface area contributed by atoms with Crippen LogP contribution in [0.25, 0.3) is 11.0 Å². The van der Waals surface area contributed by atoms with Gasteiger partial charge in [-0.3, -0.25) is 4.79 Å². The average molecular weight is 337 g/mol. The van der Waals surface area contributed by atoms with Crippen molar-refractivity contribution in [2.45, 2.75) is 45.6 Å². The van der Waals surface area contributed by atoms with E-state index in [1.54, 1.807) is 6.26 Å². The number of hydrogen-bond acceptors (Lipinski definition) is 3. The summed E-state index contributed by atoms with van der Waals surface area (Å²) >= 11 is 0. The van der Waals surface area contributed by atoms with Gasteiger partial charge in [-0.05, 0) is 42.5 Å². The van der Waals surface area contributed by atoms with Crippen LogP contribution in [0.15, 0.2) is 22.8 Å². The van der Waals surface area contributed by atoms with Gasteiger partial charge < -0.3 is 15.1 Å². The highest BCUT2D eigenvalue weighted by atomic mass is 35.5. The molecule has 0 spiro atoms. The third-order valence-electron chi connectivity index (χ3n) is 4.58. The molecule has 1 amide bonds. The smallest absolute Gasteiger partial charge is 0.227 e. The third-order valence-corrected chi connectivity index (χ3v) is 4.58. The average Bonchev–Trinajstić information content (AvgIpc) is 3.04. The van der Waals surface area contributed by atoms with Crippen LogP contribution in [-0.2, 0) is 11.2 Å². The predicted octanol–water partition coefficient (Wildman–Crippen LogP) is 3.39. The van der Waals surface area contributed by atoms with Gasteiger partial charge in [-0.15, -0.1) is 12.4 Å². The molecular formula is C18H25ClN2O2. The van der Waals surface area contributed by atoms with Crippen molar-refractivity contribution in [3.8, 4) is 0 Å². The Morgan fingerprint density at radius 2 is 2.17 bits per heavy atom. The lowest BCUT2D eigenvalue weighted by molar-refractivity contribution is -0.129. The number of hydrogen-bond donors (Lipinski definition) is 1. The Morgan fingerprint density at radius 1 is 1.43 bits per heavy atom. The van der Waals surface area contributed by atoms with Gasteiger partial charge in [0.2, 0.25) is 5.91 Å². The highest BCUT2D eigenvalue weighted by molar-refractivity contribution is 5.88. The van der Waals surface area contributed by atoms with Crippen molar-refractivity contribution in [3.63, 3.8) is 0 Å². The SMILES string of the molecule is Cc1cc2occ(CC(=O)N3CC[C@@H](N)C3)c2cc1C(C)C.Cl. The second-order valence-corrected chi connectivity index (χ2v) is 6.69. The highest BCUT2D eigenvalue weighted by Gasteiger charge is 2.24. The number of fused-ring (bicyclic) bond motifs is 1.